The van der Waals surface area contributed by atoms with Gasteiger partial charge in [-0.3, -0.25) is 19.7 Å². The maximum atomic E-state index is 13.6. The van der Waals surface area contributed by atoms with Gasteiger partial charge < -0.3 is 9.47 Å². The van der Waals surface area contributed by atoms with Gasteiger partial charge in [-0.1, -0.05) is 12.1 Å². The van der Waals surface area contributed by atoms with Gasteiger partial charge in [-0.15, -0.1) is 0 Å². The molecule has 7 nitrogen and oxygen atoms in total. The van der Waals surface area contributed by atoms with E-state index in [0.29, 0.717) is 29.7 Å². The van der Waals surface area contributed by atoms with Gasteiger partial charge in [0.2, 0.25) is 0 Å². The van der Waals surface area contributed by atoms with E-state index >= 15 is 0 Å². The summed E-state index contributed by atoms with van der Waals surface area (Å²) in [6.07, 6.45) is 2.86. The van der Waals surface area contributed by atoms with Crippen LogP contribution in [-0.2, 0) is 13.0 Å². The first-order valence-corrected chi connectivity index (χ1v) is 9.89. The van der Waals surface area contributed by atoms with Gasteiger partial charge in [-0.2, -0.15) is 0 Å². The number of rotatable bonds is 4. The largest absolute Gasteiger partial charge is 0.310 e. The molecule has 0 aliphatic carbocycles. The molecule has 2 heterocycles. The highest BCUT2D eigenvalue weighted by Crippen LogP contribution is 2.32. The third-order valence-electron chi connectivity index (χ3n) is 5.50. The smallest absolute Gasteiger partial charge is 0.269 e. The number of benzene rings is 2. The predicted molar refractivity (Wildman–Crippen MR) is 114 cm³/mol. The topological polar surface area (TPSA) is 85.5 Å². The third kappa shape index (κ3) is 4.09. The number of non-ortho nitro benzene ring substituents is 1. The number of carbonyl (C=O) groups excluding carboxylic acids is 1. The molecular formula is C23H20FN3O4. The van der Waals surface area contributed by atoms with E-state index in [2.05, 4.69) is 0 Å². The highest BCUT2D eigenvalue weighted by Gasteiger charge is 2.29. The number of nitro benzene ring substituents is 1. The summed E-state index contributed by atoms with van der Waals surface area (Å²) >= 11 is 0. The lowest BCUT2D eigenvalue weighted by molar-refractivity contribution is -0.384. The number of hydrogen-bond acceptors (Lipinski definition) is 4. The molecule has 1 unspecified atom stereocenters. The number of anilines is 1. The Morgan fingerprint density at radius 2 is 2.00 bits per heavy atom. The number of carbonyl (C=O) groups is 1. The zero-order chi connectivity index (χ0) is 22.1. The second kappa shape index (κ2) is 8.14. The fourth-order valence-corrected chi connectivity index (χ4v) is 3.92. The van der Waals surface area contributed by atoms with Gasteiger partial charge in [0.05, 0.1) is 17.0 Å². The van der Waals surface area contributed by atoms with Gasteiger partial charge in [0, 0.05) is 36.1 Å². The molecule has 3 aromatic rings. The normalized spacial score (nSPS) is 15.4. The summed E-state index contributed by atoms with van der Waals surface area (Å²) in [5, 5.41) is 11.0. The second-order valence-electron chi connectivity index (χ2n) is 7.65. The van der Waals surface area contributed by atoms with Crippen molar-refractivity contribution in [3.8, 4) is 0 Å². The zero-order valence-electron chi connectivity index (χ0n) is 16.8. The maximum absolute atomic E-state index is 13.6. The molecular weight excluding hydrogens is 401 g/mol. The Kier molecular flexibility index (Phi) is 5.37. The Labute approximate surface area is 177 Å². The van der Waals surface area contributed by atoms with Crippen LogP contribution in [0.4, 0.5) is 15.8 Å². The molecule has 8 heteroatoms. The molecule has 1 amide bonds. The second-order valence-corrected chi connectivity index (χ2v) is 7.65. The highest BCUT2D eigenvalue weighted by atomic mass is 19.1. The fourth-order valence-electron chi connectivity index (χ4n) is 3.92. The molecule has 0 fully saturated rings. The van der Waals surface area contributed by atoms with E-state index in [9.17, 15) is 24.1 Å². The number of halogens is 1. The lowest BCUT2D eigenvalue weighted by atomic mass is 9.95. The molecule has 1 atom stereocenters. The van der Waals surface area contributed by atoms with Crippen molar-refractivity contribution in [2.75, 3.05) is 4.90 Å². The molecule has 1 aliphatic heterocycles. The van der Waals surface area contributed by atoms with E-state index in [1.165, 1.54) is 47.2 Å². The van der Waals surface area contributed by atoms with Gasteiger partial charge in [0.15, 0.2) is 0 Å². The van der Waals surface area contributed by atoms with E-state index in [4.69, 9.17) is 0 Å². The van der Waals surface area contributed by atoms with Crippen LogP contribution in [0.15, 0.2) is 65.6 Å². The standard InChI is InChI=1S/C23H20FN3O4/c1-15-5-6-17-12-19(24)8-9-21(17)26(15)23(29)18-7-10-22(28)25(14-18)13-16-3-2-4-20(11-16)27(30)31/h2-4,7-12,14-15H,5-6,13H2,1H3. The molecule has 0 bridgehead atoms. The monoisotopic (exact) mass is 421 g/mol. The Hall–Kier alpha value is -3.81. The number of hydrogen-bond donors (Lipinski definition) is 0. The Morgan fingerprint density at radius 1 is 1.19 bits per heavy atom. The number of fused-ring (bicyclic) bond motifs is 1. The van der Waals surface area contributed by atoms with Crippen LogP contribution in [0.2, 0.25) is 0 Å². The Morgan fingerprint density at radius 3 is 2.77 bits per heavy atom. The van der Waals surface area contributed by atoms with Gasteiger partial charge in [-0.05, 0) is 55.2 Å². The van der Waals surface area contributed by atoms with Crippen molar-refractivity contribution in [1.82, 2.24) is 4.57 Å². The number of aryl methyl sites for hydroxylation is 1. The lowest BCUT2D eigenvalue weighted by Gasteiger charge is -2.35. The van der Waals surface area contributed by atoms with Crippen LogP contribution >= 0.6 is 0 Å². The van der Waals surface area contributed by atoms with Crippen molar-refractivity contribution in [2.24, 2.45) is 0 Å². The minimum atomic E-state index is -0.496. The highest BCUT2D eigenvalue weighted by molar-refractivity contribution is 6.07. The van der Waals surface area contributed by atoms with E-state index in [1.54, 1.807) is 23.1 Å². The first-order valence-electron chi connectivity index (χ1n) is 9.89. The van der Waals surface area contributed by atoms with Crippen LogP contribution in [0, 0.1) is 15.9 Å². The summed E-state index contributed by atoms with van der Waals surface area (Å²) in [4.78, 5) is 37.8. The minimum absolute atomic E-state index is 0.0660. The number of pyridine rings is 1. The van der Waals surface area contributed by atoms with Crippen molar-refractivity contribution >= 4 is 17.3 Å². The summed E-state index contributed by atoms with van der Waals surface area (Å²) in [7, 11) is 0. The summed E-state index contributed by atoms with van der Waals surface area (Å²) < 4.78 is 15.0. The fraction of sp³-hybridized carbons (Fsp3) is 0.217. The van der Waals surface area contributed by atoms with Gasteiger partial charge in [-0.25, -0.2) is 4.39 Å². The van der Waals surface area contributed by atoms with E-state index < -0.39 is 4.92 Å². The van der Waals surface area contributed by atoms with Crippen molar-refractivity contribution in [2.45, 2.75) is 32.4 Å². The third-order valence-corrected chi connectivity index (χ3v) is 5.50. The van der Waals surface area contributed by atoms with Crippen LogP contribution in [0.1, 0.15) is 34.8 Å². The molecule has 4 rings (SSSR count). The first-order chi connectivity index (χ1) is 14.8. The maximum Gasteiger partial charge on any atom is 0.269 e. The van der Waals surface area contributed by atoms with Crippen molar-refractivity contribution in [1.29, 1.82) is 0 Å². The van der Waals surface area contributed by atoms with Crippen LogP contribution in [0.25, 0.3) is 0 Å². The lowest BCUT2D eigenvalue weighted by Crippen LogP contribution is -2.42. The molecule has 0 saturated carbocycles. The number of nitro groups is 1. The zero-order valence-corrected chi connectivity index (χ0v) is 16.8. The molecule has 0 spiro atoms. The molecule has 1 aromatic heterocycles. The molecule has 2 aromatic carbocycles. The van der Waals surface area contributed by atoms with Crippen molar-refractivity contribution in [3.63, 3.8) is 0 Å². The number of nitrogens with zero attached hydrogens (tertiary/aromatic N) is 3. The van der Waals surface area contributed by atoms with Crippen LogP contribution < -0.4 is 10.5 Å². The number of aromatic nitrogens is 1. The average Bonchev–Trinajstić information content (AvgIpc) is 2.75. The molecule has 1 aliphatic rings. The number of amides is 1. The average molecular weight is 421 g/mol. The summed E-state index contributed by atoms with van der Waals surface area (Å²) in [6.45, 7) is 2.03. The van der Waals surface area contributed by atoms with Crippen molar-refractivity contribution in [3.05, 3.63) is 104 Å². The molecule has 0 N–H and O–H groups in total. The van der Waals surface area contributed by atoms with Crippen LogP contribution in [-0.4, -0.2) is 21.4 Å². The Balaban J connectivity index is 1.67. The molecule has 0 saturated heterocycles. The molecule has 0 radical (unpaired) electrons. The van der Waals surface area contributed by atoms with Gasteiger partial charge in [0.1, 0.15) is 5.82 Å². The summed E-state index contributed by atoms with van der Waals surface area (Å²) in [5.74, 6) is -0.626. The molecule has 31 heavy (non-hydrogen) atoms. The van der Waals surface area contributed by atoms with Gasteiger partial charge >= 0.3 is 0 Å². The predicted octanol–water partition coefficient (Wildman–Crippen LogP) is 3.93. The van der Waals surface area contributed by atoms with Gasteiger partial charge in [0.25, 0.3) is 17.2 Å². The minimum Gasteiger partial charge on any atom is -0.310 e. The Bertz CT molecular complexity index is 1240. The summed E-state index contributed by atoms with van der Waals surface area (Å²) in [6, 6.07) is 13.1. The van der Waals surface area contributed by atoms with E-state index in [0.717, 1.165) is 5.56 Å². The summed E-state index contributed by atoms with van der Waals surface area (Å²) in [5.41, 5.74) is 1.95. The van der Waals surface area contributed by atoms with Crippen LogP contribution in [0.3, 0.4) is 0 Å². The SMILES string of the molecule is CC1CCc2cc(F)ccc2N1C(=O)c1ccc(=O)n(Cc2cccc([N+](=O)[O-])c2)c1. The molecule has 158 valence electrons. The quantitative estimate of drug-likeness (QED) is 0.472. The first kappa shape index (κ1) is 20.5. The van der Waals surface area contributed by atoms with Crippen LogP contribution in [0.5, 0.6) is 0 Å². The van der Waals surface area contributed by atoms with E-state index in [1.807, 2.05) is 6.92 Å². The van der Waals surface area contributed by atoms with Crippen molar-refractivity contribution < 1.29 is 14.1 Å². The van der Waals surface area contributed by atoms with E-state index in [-0.39, 0.29) is 35.6 Å².